The fraction of sp³-hybridized carbons (Fsp3) is 0.278. The van der Waals surface area contributed by atoms with Gasteiger partial charge in [-0.1, -0.05) is 18.2 Å². The van der Waals surface area contributed by atoms with Crippen LogP contribution in [0.5, 0.6) is 5.75 Å². The summed E-state index contributed by atoms with van der Waals surface area (Å²) in [4.78, 5) is 12.2. The number of rotatable bonds is 6. The van der Waals surface area contributed by atoms with Crippen LogP contribution in [0, 0.1) is 13.8 Å². The van der Waals surface area contributed by atoms with Gasteiger partial charge >= 0.3 is 0 Å². The standard InChI is InChI=1S/C18H22N2O2/c1-13-4-3-5-14(2)17(13)12-18(21)20-15-6-8-16(9-7-15)22-11-10-19/h3-9H,10-12,19H2,1-2H3,(H,20,21). The summed E-state index contributed by atoms with van der Waals surface area (Å²) in [5, 5.41) is 2.91. The zero-order valence-electron chi connectivity index (χ0n) is 13.1. The maximum absolute atomic E-state index is 12.2. The van der Waals surface area contributed by atoms with Gasteiger partial charge in [-0.15, -0.1) is 0 Å². The highest BCUT2D eigenvalue weighted by molar-refractivity contribution is 5.92. The minimum atomic E-state index is -0.0203. The first-order valence-corrected chi connectivity index (χ1v) is 7.38. The van der Waals surface area contributed by atoms with Crippen molar-refractivity contribution in [1.29, 1.82) is 0 Å². The molecule has 0 radical (unpaired) electrons. The van der Waals surface area contributed by atoms with Gasteiger partial charge in [0.25, 0.3) is 0 Å². The SMILES string of the molecule is Cc1cccc(C)c1CC(=O)Nc1ccc(OCCN)cc1. The zero-order chi connectivity index (χ0) is 15.9. The van der Waals surface area contributed by atoms with E-state index >= 15 is 0 Å². The molecule has 0 fully saturated rings. The van der Waals surface area contributed by atoms with Gasteiger partial charge in [0.1, 0.15) is 12.4 Å². The van der Waals surface area contributed by atoms with E-state index in [1.807, 2.05) is 56.3 Å². The Morgan fingerprint density at radius 2 is 1.73 bits per heavy atom. The molecular formula is C18H22N2O2. The molecule has 0 saturated carbocycles. The lowest BCUT2D eigenvalue weighted by molar-refractivity contribution is -0.115. The van der Waals surface area contributed by atoms with Crippen molar-refractivity contribution in [3.63, 3.8) is 0 Å². The number of anilines is 1. The molecule has 0 aromatic heterocycles. The summed E-state index contributed by atoms with van der Waals surface area (Å²) >= 11 is 0. The Bertz CT molecular complexity index is 616. The van der Waals surface area contributed by atoms with E-state index in [1.54, 1.807) is 0 Å². The number of hydrogen-bond donors (Lipinski definition) is 2. The molecule has 0 spiro atoms. The molecule has 3 N–H and O–H groups in total. The maximum Gasteiger partial charge on any atom is 0.228 e. The summed E-state index contributed by atoms with van der Waals surface area (Å²) in [6.07, 6.45) is 0.379. The Balaban J connectivity index is 1.97. The van der Waals surface area contributed by atoms with Crippen LogP contribution in [0.15, 0.2) is 42.5 Å². The van der Waals surface area contributed by atoms with Crippen LogP contribution in [0.1, 0.15) is 16.7 Å². The molecule has 0 atom stereocenters. The molecule has 1 amide bonds. The van der Waals surface area contributed by atoms with Gasteiger partial charge < -0.3 is 15.8 Å². The average Bonchev–Trinajstić information content (AvgIpc) is 2.50. The van der Waals surface area contributed by atoms with Gasteiger partial charge in [0, 0.05) is 12.2 Å². The van der Waals surface area contributed by atoms with E-state index in [0.717, 1.165) is 28.1 Å². The molecule has 0 unspecified atom stereocenters. The number of nitrogens with two attached hydrogens (primary N) is 1. The van der Waals surface area contributed by atoms with Crippen molar-refractivity contribution in [2.75, 3.05) is 18.5 Å². The van der Waals surface area contributed by atoms with Gasteiger partial charge in [0.15, 0.2) is 0 Å². The van der Waals surface area contributed by atoms with Gasteiger partial charge in [-0.25, -0.2) is 0 Å². The van der Waals surface area contributed by atoms with Crippen LogP contribution in [0.4, 0.5) is 5.69 Å². The predicted molar refractivity (Wildman–Crippen MR) is 89.2 cm³/mol. The third-order valence-electron chi connectivity index (χ3n) is 3.51. The lowest BCUT2D eigenvalue weighted by Gasteiger charge is -2.11. The highest BCUT2D eigenvalue weighted by atomic mass is 16.5. The molecule has 4 heteroatoms. The van der Waals surface area contributed by atoms with Crippen LogP contribution in [-0.2, 0) is 11.2 Å². The summed E-state index contributed by atoms with van der Waals surface area (Å²) < 4.78 is 5.40. The van der Waals surface area contributed by atoms with E-state index in [-0.39, 0.29) is 5.91 Å². The Morgan fingerprint density at radius 3 is 2.32 bits per heavy atom. The van der Waals surface area contributed by atoms with Crippen molar-refractivity contribution in [1.82, 2.24) is 0 Å². The summed E-state index contributed by atoms with van der Waals surface area (Å²) in [5.41, 5.74) is 9.51. The average molecular weight is 298 g/mol. The van der Waals surface area contributed by atoms with Gasteiger partial charge in [0.2, 0.25) is 5.91 Å². The second-order valence-electron chi connectivity index (χ2n) is 5.26. The monoisotopic (exact) mass is 298 g/mol. The summed E-state index contributed by atoms with van der Waals surface area (Å²) in [6, 6.07) is 13.4. The van der Waals surface area contributed by atoms with E-state index < -0.39 is 0 Å². The molecule has 4 nitrogen and oxygen atoms in total. The van der Waals surface area contributed by atoms with E-state index in [4.69, 9.17) is 10.5 Å². The van der Waals surface area contributed by atoms with Crippen LogP contribution >= 0.6 is 0 Å². The van der Waals surface area contributed by atoms with Crippen molar-refractivity contribution < 1.29 is 9.53 Å². The fourth-order valence-electron chi connectivity index (χ4n) is 2.30. The summed E-state index contributed by atoms with van der Waals surface area (Å²) in [5.74, 6) is 0.728. The van der Waals surface area contributed by atoms with Crippen molar-refractivity contribution in [2.24, 2.45) is 5.73 Å². The second kappa shape index (κ2) is 7.61. The second-order valence-corrected chi connectivity index (χ2v) is 5.26. The zero-order valence-corrected chi connectivity index (χ0v) is 13.1. The first kappa shape index (κ1) is 16.0. The van der Waals surface area contributed by atoms with E-state index in [2.05, 4.69) is 5.32 Å². The normalized spacial score (nSPS) is 10.3. The molecule has 0 aliphatic rings. The molecule has 2 aromatic rings. The number of aryl methyl sites for hydroxylation is 2. The van der Waals surface area contributed by atoms with Crippen molar-refractivity contribution in [3.8, 4) is 5.75 Å². The Labute approximate surface area is 131 Å². The molecular weight excluding hydrogens is 276 g/mol. The first-order chi connectivity index (χ1) is 10.6. The largest absolute Gasteiger partial charge is 0.492 e. The molecule has 116 valence electrons. The van der Waals surface area contributed by atoms with E-state index in [1.165, 1.54) is 0 Å². The molecule has 0 heterocycles. The fourth-order valence-corrected chi connectivity index (χ4v) is 2.30. The van der Waals surface area contributed by atoms with Crippen LogP contribution in [0.25, 0.3) is 0 Å². The molecule has 0 saturated heterocycles. The smallest absolute Gasteiger partial charge is 0.228 e. The lowest BCUT2D eigenvalue weighted by atomic mass is 10.00. The topological polar surface area (TPSA) is 64.3 Å². The molecule has 22 heavy (non-hydrogen) atoms. The molecule has 0 bridgehead atoms. The quantitative estimate of drug-likeness (QED) is 0.862. The van der Waals surface area contributed by atoms with Gasteiger partial charge in [0.05, 0.1) is 6.42 Å². The number of benzene rings is 2. The third-order valence-corrected chi connectivity index (χ3v) is 3.51. The summed E-state index contributed by atoms with van der Waals surface area (Å²) in [6.45, 7) is 5.02. The number of carbonyl (C=O) groups excluding carboxylic acids is 1. The number of nitrogens with one attached hydrogen (secondary N) is 1. The van der Waals surface area contributed by atoms with Crippen LogP contribution in [0.2, 0.25) is 0 Å². The number of carbonyl (C=O) groups is 1. The van der Waals surface area contributed by atoms with E-state index in [9.17, 15) is 4.79 Å². The first-order valence-electron chi connectivity index (χ1n) is 7.38. The van der Waals surface area contributed by atoms with Gasteiger partial charge in [-0.05, 0) is 54.8 Å². The highest BCUT2D eigenvalue weighted by Crippen LogP contribution is 2.17. The summed E-state index contributed by atoms with van der Waals surface area (Å²) in [7, 11) is 0. The number of amides is 1. The molecule has 2 rings (SSSR count). The maximum atomic E-state index is 12.2. The molecule has 0 aliphatic carbocycles. The predicted octanol–water partition coefficient (Wildman–Crippen LogP) is 2.82. The van der Waals surface area contributed by atoms with Crippen LogP contribution < -0.4 is 15.8 Å². The van der Waals surface area contributed by atoms with Gasteiger partial charge in [-0.2, -0.15) is 0 Å². The number of ether oxygens (including phenoxy) is 1. The van der Waals surface area contributed by atoms with Crippen molar-refractivity contribution >= 4 is 11.6 Å². The minimum absolute atomic E-state index is 0.0203. The van der Waals surface area contributed by atoms with Crippen molar-refractivity contribution in [3.05, 3.63) is 59.2 Å². The third kappa shape index (κ3) is 4.33. The Morgan fingerprint density at radius 1 is 1.09 bits per heavy atom. The molecule has 2 aromatic carbocycles. The van der Waals surface area contributed by atoms with Crippen molar-refractivity contribution in [2.45, 2.75) is 20.3 Å². The lowest BCUT2D eigenvalue weighted by Crippen LogP contribution is -2.15. The Hall–Kier alpha value is -2.33. The Kier molecular flexibility index (Phi) is 5.55. The van der Waals surface area contributed by atoms with Gasteiger partial charge in [-0.3, -0.25) is 4.79 Å². The van der Waals surface area contributed by atoms with Crippen LogP contribution in [0.3, 0.4) is 0 Å². The van der Waals surface area contributed by atoms with E-state index in [0.29, 0.717) is 19.6 Å². The highest BCUT2D eigenvalue weighted by Gasteiger charge is 2.08. The number of hydrogen-bond acceptors (Lipinski definition) is 3. The van der Waals surface area contributed by atoms with Crippen LogP contribution in [-0.4, -0.2) is 19.1 Å². The molecule has 0 aliphatic heterocycles. The minimum Gasteiger partial charge on any atom is -0.492 e.